The quantitative estimate of drug-likeness (QED) is 0.807. The number of hydrogen-bond acceptors (Lipinski definition) is 2. The fourth-order valence-electron chi connectivity index (χ4n) is 2.63. The van der Waals surface area contributed by atoms with Crippen LogP contribution in [0.5, 0.6) is 0 Å². The van der Waals surface area contributed by atoms with Crippen molar-refractivity contribution in [2.75, 3.05) is 0 Å². The van der Waals surface area contributed by atoms with Crippen LogP contribution in [0.25, 0.3) is 11.0 Å². The van der Waals surface area contributed by atoms with Gasteiger partial charge in [-0.05, 0) is 29.9 Å². The van der Waals surface area contributed by atoms with Crippen LogP contribution < -0.4 is 0 Å². The highest BCUT2D eigenvalue weighted by Crippen LogP contribution is 2.49. The average molecular weight is 287 g/mol. The third kappa shape index (κ3) is 2.36. The van der Waals surface area contributed by atoms with Gasteiger partial charge in [0.2, 0.25) is 0 Å². The maximum atomic E-state index is 13.5. The van der Waals surface area contributed by atoms with E-state index in [9.17, 15) is 17.6 Å². The van der Waals surface area contributed by atoms with Gasteiger partial charge < -0.3 is 0 Å². The minimum atomic E-state index is -4.44. The molecule has 1 fully saturated rings. The van der Waals surface area contributed by atoms with E-state index < -0.39 is 18.7 Å². The largest absolute Gasteiger partial charge is 0.408 e. The molecule has 0 unspecified atom stereocenters. The number of alkyl halides is 3. The molecule has 0 aromatic carbocycles. The zero-order chi connectivity index (χ0) is 14.5. The molecule has 0 bridgehead atoms. The summed E-state index contributed by atoms with van der Waals surface area (Å²) in [6, 6.07) is 1.59. The molecule has 20 heavy (non-hydrogen) atoms. The van der Waals surface area contributed by atoms with Crippen LogP contribution in [0.1, 0.15) is 31.2 Å². The third-order valence-corrected chi connectivity index (χ3v) is 3.77. The molecule has 3 nitrogen and oxygen atoms in total. The second kappa shape index (κ2) is 4.43. The Morgan fingerprint density at radius 2 is 2.15 bits per heavy atom. The Balaban J connectivity index is 2.01. The second-order valence-electron chi connectivity index (χ2n) is 5.21. The molecular weight excluding hydrogens is 274 g/mol. The number of rotatable bonds is 3. The van der Waals surface area contributed by atoms with Gasteiger partial charge in [0.05, 0.1) is 5.52 Å². The molecule has 0 spiro atoms. The van der Waals surface area contributed by atoms with Gasteiger partial charge in [0.1, 0.15) is 12.1 Å². The van der Waals surface area contributed by atoms with Crippen LogP contribution >= 0.6 is 0 Å². The Morgan fingerprint density at radius 3 is 2.75 bits per heavy atom. The fourth-order valence-corrected chi connectivity index (χ4v) is 2.63. The number of nitrogens with zero attached hydrogens (tertiary/aromatic N) is 3. The summed E-state index contributed by atoms with van der Waals surface area (Å²) >= 11 is 0. The van der Waals surface area contributed by atoms with Gasteiger partial charge in [-0.15, -0.1) is 5.10 Å². The first-order valence-electron chi connectivity index (χ1n) is 6.47. The van der Waals surface area contributed by atoms with E-state index in [1.165, 1.54) is 0 Å². The molecule has 2 aromatic rings. The van der Waals surface area contributed by atoms with Crippen molar-refractivity contribution >= 4 is 11.0 Å². The standard InChI is InChI=1S/C13H13F4N3/c1-2-7-3-9(7)8-4-10-11(18-5-8)12(14)19-20(10)6-13(15,16)17/h4-5,7,9H,2-3,6H2,1H3/t7-,9-/m0/s1. The summed E-state index contributed by atoms with van der Waals surface area (Å²) < 4.78 is 51.5. The van der Waals surface area contributed by atoms with E-state index in [2.05, 4.69) is 17.0 Å². The Bertz CT molecular complexity index is 647. The maximum Gasteiger partial charge on any atom is 0.408 e. The third-order valence-electron chi connectivity index (χ3n) is 3.77. The summed E-state index contributed by atoms with van der Waals surface area (Å²) in [5, 5.41) is 3.30. The van der Waals surface area contributed by atoms with Gasteiger partial charge in [-0.1, -0.05) is 13.3 Å². The second-order valence-corrected chi connectivity index (χ2v) is 5.21. The summed E-state index contributed by atoms with van der Waals surface area (Å²) in [4.78, 5) is 3.94. The molecule has 0 radical (unpaired) electrons. The monoisotopic (exact) mass is 287 g/mol. The molecule has 0 aliphatic heterocycles. The predicted octanol–water partition coefficient (Wildman–Crippen LogP) is 3.65. The highest BCUT2D eigenvalue weighted by molar-refractivity contribution is 5.75. The molecule has 1 saturated carbocycles. The van der Waals surface area contributed by atoms with Crippen molar-refractivity contribution in [1.29, 1.82) is 0 Å². The van der Waals surface area contributed by atoms with Gasteiger partial charge in [0, 0.05) is 6.20 Å². The van der Waals surface area contributed by atoms with E-state index in [1.54, 1.807) is 12.3 Å². The lowest BCUT2D eigenvalue weighted by Gasteiger charge is -2.07. The van der Waals surface area contributed by atoms with Gasteiger partial charge >= 0.3 is 6.18 Å². The minimum absolute atomic E-state index is 0.105. The van der Waals surface area contributed by atoms with Gasteiger partial charge in [0.15, 0.2) is 0 Å². The van der Waals surface area contributed by atoms with Crippen molar-refractivity contribution < 1.29 is 17.6 Å². The normalized spacial score (nSPS) is 22.4. The molecule has 1 aliphatic carbocycles. The van der Waals surface area contributed by atoms with Crippen LogP contribution in [0.4, 0.5) is 17.6 Å². The first kappa shape index (κ1) is 13.3. The number of halogens is 4. The van der Waals surface area contributed by atoms with Crippen LogP contribution in [-0.2, 0) is 6.54 Å². The summed E-state index contributed by atoms with van der Waals surface area (Å²) in [6.07, 6.45) is -0.850. The van der Waals surface area contributed by atoms with Crippen molar-refractivity contribution in [2.45, 2.75) is 38.4 Å². The first-order chi connectivity index (χ1) is 9.39. The van der Waals surface area contributed by atoms with Gasteiger partial charge in [-0.3, -0.25) is 4.68 Å². The van der Waals surface area contributed by atoms with Crippen LogP contribution in [0.3, 0.4) is 0 Å². The molecule has 0 saturated heterocycles. The molecule has 0 N–H and O–H groups in total. The van der Waals surface area contributed by atoms with E-state index in [0.29, 0.717) is 16.5 Å². The molecule has 3 rings (SSSR count). The van der Waals surface area contributed by atoms with Crippen molar-refractivity contribution in [3.63, 3.8) is 0 Å². The van der Waals surface area contributed by atoms with Crippen LogP contribution in [0.2, 0.25) is 0 Å². The number of pyridine rings is 1. The summed E-state index contributed by atoms with van der Waals surface area (Å²) in [6.45, 7) is 0.768. The molecule has 2 heterocycles. The van der Waals surface area contributed by atoms with E-state index in [-0.39, 0.29) is 11.0 Å². The van der Waals surface area contributed by atoms with Crippen molar-refractivity contribution in [2.24, 2.45) is 5.92 Å². The van der Waals surface area contributed by atoms with E-state index in [1.807, 2.05) is 0 Å². The predicted molar refractivity (Wildman–Crippen MR) is 64.7 cm³/mol. The number of hydrogen-bond donors (Lipinski definition) is 0. The van der Waals surface area contributed by atoms with Gasteiger partial charge in [-0.2, -0.15) is 17.6 Å². The van der Waals surface area contributed by atoms with Crippen molar-refractivity contribution in [3.8, 4) is 0 Å². The van der Waals surface area contributed by atoms with Crippen molar-refractivity contribution in [3.05, 3.63) is 23.8 Å². The molecule has 7 heteroatoms. The highest BCUT2D eigenvalue weighted by atomic mass is 19.4. The lowest BCUT2D eigenvalue weighted by molar-refractivity contribution is -0.142. The lowest BCUT2D eigenvalue weighted by Crippen LogP contribution is -2.18. The molecule has 2 aromatic heterocycles. The fraction of sp³-hybridized carbons (Fsp3) is 0.538. The van der Waals surface area contributed by atoms with Gasteiger partial charge in [0.25, 0.3) is 5.95 Å². The molecule has 1 aliphatic rings. The van der Waals surface area contributed by atoms with Crippen molar-refractivity contribution in [1.82, 2.24) is 14.8 Å². The Kier molecular flexibility index (Phi) is 2.95. The molecule has 0 amide bonds. The van der Waals surface area contributed by atoms with E-state index in [4.69, 9.17) is 0 Å². The Morgan fingerprint density at radius 1 is 1.40 bits per heavy atom. The molecule has 108 valence electrons. The zero-order valence-corrected chi connectivity index (χ0v) is 10.8. The minimum Gasteiger partial charge on any atom is -0.251 e. The first-order valence-corrected chi connectivity index (χ1v) is 6.47. The van der Waals surface area contributed by atoms with Crippen LogP contribution in [0, 0.1) is 11.9 Å². The Hall–Kier alpha value is -1.66. The van der Waals surface area contributed by atoms with E-state index >= 15 is 0 Å². The van der Waals surface area contributed by atoms with E-state index in [0.717, 1.165) is 18.4 Å². The average Bonchev–Trinajstić information content (AvgIpc) is 3.09. The zero-order valence-electron chi connectivity index (χ0n) is 10.8. The summed E-state index contributed by atoms with van der Waals surface area (Å²) in [7, 11) is 0. The maximum absolute atomic E-state index is 13.5. The summed E-state index contributed by atoms with van der Waals surface area (Å²) in [5.74, 6) is -0.0779. The lowest BCUT2D eigenvalue weighted by atomic mass is 10.1. The smallest absolute Gasteiger partial charge is 0.251 e. The number of fused-ring (bicyclic) bond motifs is 1. The topological polar surface area (TPSA) is 30.7 Å². The molecule has 2 atom stereocenters. The summed E-state index contributed by atoms with van der Waals surface area (Å²) in [5.41, 5.74) is 0.874. The van der Waals surface area contributed by atoms with Crippen LogP contribution in [-0.4, -0.2) is 20.9 Å². The van der Waals surface area contributed by atoms with Gasteiger partial charge in [-0.25, -0.2) is 4.98 Å². The SMILES string of the molecule is CC[C@H]1C[C@@H]1c1cnc2c(F)nn(CC(F)(F)F)c2c1. The highest BCUT2D eigenvalue weighted by Gasteiger charge is 2.37. The van der Waals surface area contributed by atoms with Crippen LogP contribution in [0.15, 0.2) is 12.3 Å². The molecular formula is C13H13F4N3. The number of aromatic nitrogens is 3. The Labute approximate surface area is 112 Å².